The van der Waals surface area contributed by atoms with Crippen LogP contribution in [0.5, 0.6) is 0 Å². The molecular weight excluding hydrogens is 365 g/mol. The lowest BCUT2D eigenvalue weighted by Gasteiger charge is -2.32. The van der Waals surface area contributed by atoms with Crippen molar-refractivity contribution in [2.24, 2.45) is 0 Å². The molecule has 0 radical (unpaired) electrons. The molecule has 1 aliphatic rings. The molecule has 0 bridgehead atoms. The predicted molar refractivity (Wildman–Crippen MR) is 103 cm³/mol. The van der Waals surface area contributed by atoms with Gasteiger partial charge in [0.1, 0.15) is 29.2 Å². The van der Waals surface area contributed by atoms with Gasteiger partial charge in [-0.05, 0) is 40.1 Å². The van der Waals surface area contributed by atoms with Crippen molar-refractivity contribution in [2.75, 3.05) is 5.73 Å². The van der Waals surface area contributed by atoms with Crippen molar-refractivity contribution in [3.05, 3.63) is 29.8 Å². The van der Waals surface area contributed by atoms with Gasteiger partial charge in [0.05, 0.1) is 11.2 Å². The van der Waals surface area contributed by atoms with Crippen LogP contribution in [0.3, 0.4) is 0 Å². The largest absolute Gasteiger partial charge is 0.494 e. The summed E-state index contributed by atoms with van der Waals surface area (Å²) in [7, 11) is -0.518. The number of anilines is 1. The average Bonchev–Trinajstić information content (AvgIpc) is 3.06. The minimum Gasteiger partial charge on any atom is -0.399 e. The third kappa shape index (κ3) is 3.27. The van der Waals surface area contributed by atoms with E-state index in [4.69, 9.17) is 15.0 Å². The molecule has 0 spiro atoms. The van der Waals surface area contributed by atoms with Crippen LogP contribution in [-0.4, -0.2) is 34.5 Å². The Bertz CT molecular complexity index is 903. The molecule has 0 saturated carbocycles. The van der Waals surface area contributed by atoms with Crippen molar-refractivity contribution in [3.8, 4) is 17.3 Å². The number of hydrogen-bond acceptors (Lipinski definition) is 5. The van der Waals surface area contributed by atoms with E-state index in [1.165, 1.54) is 6.92 Å². The number of hydrogen-bond donors (Lipinski definition) is 1. The summed E-state index contributed by atoms with van der Waals surface area (Å²) < 4.78 is 39.2. The van der Waals surface area contributed by atoms with E-state index in [1.807, 2.05) is 45.9 Å². The van der Waals surface area contributed by atoms with Gasteiger partial charge in [0, 0.05) is 5.56 Å². The molecule has 148 valence electrons. The van der Waals surface area contributed by atoms with E-state index in [0.717, 1.165) is 10.1 Å². The first kappa shape index (κ1) is 20.3. The fourth-order valence-corrected chi connectivity index (χ4v) is 2.95. The summed E-state index contributed by atoms with van der Waals surface area (Å²) in [5.41, 5.74) is 6.74. The summed E-state index contributed by atoms with van der Waals surface area (Å²) in [4.78, 5) is 0. The molecule has 1 aliphatic heterocycles. The quantitative estimate of drug-likeness (QED) is 0.814. The highest BCUT2D eigenvalue weighted by atomic mass is 19.3. The molecular formula is C19H23BF2N4O2. The Labute approximate surface area is 163 Å². The topological polar surface area (TPSA) is 86.1 Å². The summed E-state index contributed by atoms with van der Waals surface area (Å²) in [5, 5.41) is 13.6. The highest BCUT2D eigenvalue weighted by Gasteiger charge is 2.51. The number of benzene rings is 1. The minimum absolute atomic E-state index is 0.0691. The highest BCUT2D eigenvalue weighted by molar-refractivity contribution is 6.62. The molecule has 0 aliphatic carbocycles. The number of alkyl halides is 2. The second-order valence-corrected chi connectivity index (χ2v) is 7.95. The highest BCUT2D eigenvalue weighted by Crippen LogP contribution is 2.36. The van der Waals surface area contributed by atoms with Crippen molar-refractivity contribution < 1.29 is 18.1 Å². The number of nitrogen functional groups attached to an aromatic ring is 1. The van der Waals surface area contributed by atoms with Crippen LogP contribution in [0.4, 0.5) is 14.6 Å². The number of nitrogens with two attached hydrogens (primary N) is 1. The first-order valence-corrected chi connectivity index (χ1v) is 9.00. The summed E-state index contributed by atoms with van der Waals surface area (Å²) in [5.74, 6) is -0.0691. The Morgan fingerprint density at radius 2 is 1.68 bits per heavy atom. The summed E-state index contributed by atoms with van der Waals surface area (Å²) in [6.07, 6.45) is -2.65. The molecule has 1 fully saturated rings. The third-order valence-electron chi connectivity index (χ3n) is 5.52. The number of halogens is 2. The van der Waals surface area contributed by atoms with Crippen LogP contribution in [0.1, 0.15) is 46.2 Å². The molecule has 2 N–H and O–H groups in total. The number of aromatic nitrogens is 2. The summed E-state index contributed by atoms with van der Waals surface area (Å²) in [6.45, 7) is 9.20. The van der Waals surface area contributed by atoms with Gasteiger partial charge >= 0.3 is 7.12 Å². The first-order valence-electron chi connectivity index (χ1n) is 9.00. The minimum atomic E-state index is -2.65. The summed E-state index contributed by atoms with van der Waals surface area (Å²) >= 11 is 0. The van der Waals surface area contributed by atoms with Crippen LogP contribution >= 0.6 is 0 Å². The smallest absolute Gasteiger partial charge is 0.399 e. The fraction of sp³-hybridized carbons (Fsp3) is 0.474. The first-order chi connectivity index (χ1) is 13.0. The van der Waals surface area contributed by atoms with E-state index in [-0.39, 0.29) is 17.1 Å². The van der Waals surface area contributed by atoms with E-state index in [1.54, 1.807) is 12.1 Å². The zero-order valence-electron chi connectivity index (χ0n) is 16.5. The lowest BCUT2D eigenvalue weighted by atomic mass is 9.78. The molecule has 1 aromatic carbocycles. The lowest BCUT2D eigenvalue weighted by Crippen LogP contribution is -2.41. The van der Waals surface area contributed by atoms with Gasteiger partial charge in [-0.25, -0.2) is 13.5 Å². The van der Waals surface area contributed by atoms with Gasteiger partial charge in [-0.15, -0.1) is 0 Å². The Hall–Kier alpha value is -2.44. The van der Waals surface area contributed by atoms with E-state index >= 15 is 0 Å². The zero-order chi connectivity index (χ0) is 20.9. The van der Waals surface area contributed by atoms with Crippen LogP contribution in [-0.2, 0) is 9.31 Å². The molecule has 6 nitrogen and oxygen atoms in total. The normalized spacial score (nSPS) is 19.0. The molecule has 1 unspecified atom stereocenters. The van der Waals surface area contributed by atoms with Gasteiger partial charge in [-0.2, -0.15) is 10.4 Å². The molecule has 2 aromatic rings. The van der Waals surface area contributed by atoms with Crippen molar-refractivity contribution in [3.63, 3.8) is 0 Å². The van der Waals surface area contributed by atoms with Gasteiger partial charge in [0.25, 0.3) is 6.43 Å². The van der Waals surface area contributed by atoms with Crippen molar-refractivity contribution in [2.45, 2.75) is 58.3 Å². The van der Waals surface area contributed by atoms with Crippen molar-refractivity contribution in [1.82, 2.24) is 9.78 Å². The summed E-state index contributed by atoms with van der Waals surface area (Å²) in [6, 6.07) is 7.85. The van der Waals surface area contributed by atoms with Gasteiger partial charge in [0.15, 0.2) is 0 Å². The van der Waals surface area contributed by atoms with Crippen LogP contribution in [0.15, 0.2) is 24.3 Å². The van der Waals surface area contributed by atoms with Gasteiger partial charge in [-0.3, -0.25) is 0 Å². The molecule has 9 heteroatoms. The molecule has 0 amide bonds. The molecule has 1 atom stereocenters. The number of nitrogens with zero attached hydrogens (tertiary/aromatic N) is 3. The van der Waals surface area contributed by atoms with Crippen LogP contribution in [0, 0.1) is 11.3 Å². The number of nitriles is 1. The molecule has 2 heterocycles. The van der Waals surface area contributed by atoms with Crippen LogP contribution in [0.25, 0.3) is 11.3 Å². The SMILES string of the molecule is CC(C(F)F)n1nc(-c2ccc(B3OC(C)(C)C(C)(C)O3)cc2)c(C#N)c1N. The van der Waals surface area contributed by atoms with Gasteiger partial charge in [-0.1, -0.05) is 24.3 Å². The zero-order valence-corrected chi connectivity index (χ0v) is 16.5. The Morgan fingerprint density at radius 3 is 2.14 bits per heavy atom. The van der Waals surface area contributed by atoms with Gasteiger partial charge in [0.2, 0.25) is 0 Å². The maximum absolute atomic E-state index is 13.1. The predicted octanol–water partition coefficient (Wildman–Crippen LogP) is 3.13. The molecule has 28 heavy (non-hydrogen) atoms. The van der Waals surface area contributed by atoms with E-state index < -0.39 is 30.8 Å². The average molecular weight is 388 g/mol. The van der Waals surface area contributed by atoms with E-state index in [9.17, 15) is 14.0 Å². The molecule has 1 saturated heterocycles. The van der Waals surface area contributed by atoms with Crippen LogP contribution < -0.4 is 11.2 Å². The monoisotopic (exact) mass is 388 g/mol. The Morgan fingerprint density at radius 1 is 1.14 bits per heavy atom. The fourth-order valence-electron chi connectivity index (χ4n) is 2.95. The maximum Gasteiger partial charge on any atom is 0.494 e. The van der Waals surface area contributed by atoms with E-state index in [2.05, 4.69) is 5.10 Å². The Balaban J connectivity index is 1.93. The third-order valence-corrected chi connectivity index (χ3v) is 5.52. The van der Waals surface area contributed by atoms with Crippen LogP contribution in [0.2, 0.25) is 0 Å². The van der Waals surface area contributed by atoms with E-state index in [0.29, 0.717) is 5.56 Å². The maximum atomic E-state index is 13.1. The Kier molecular flexibility index (Phi) is 4.98. The second kappa shape index (κ2) is 6.87. The van der Waals surface area contributed by atoms with Gasteiger partial charge < -0.3 is 15.0 Å². The lowest BCUT2D eigenvalue weighted by molar-refractivity contribution is 0.00578. The molecule has 1 aromatic heterocycles. The second-order valence-electron chi connectivity index (χ2n) is 7.95. The van der Waals surface area contributed by atoms with Crippen molar-refractivity contribution >= 4 is 18.4 Å². The number of rotatable bonds is 4. The standard InChI is InChI=1S/C19H23BF2N4O2/c1-11(16(21)22)26-17(24)14(10-23)15(25-26)12-6-8-13(9-7-12)20-27-18(2,3)19(4,5)28-20/h6-9,11,16H,24H2,1-5H3. The van der Waals surface area contributed by atoms with Crippen molar-refractivity contribution in [1.29, 1.82) is 5.26 Å². The molecule has 3 rings (SSSR count).